The lowest BCUT2D eigenvalue weighted by atomic mass is 10.1. The molecule has 0 aliphatic rings. The Kier molecular flexibility index (Phi) is 12.8. The predicted molar refractivity (Wildman–Crippen MR) is 221 cm³/mol. The van der Waals surface area contributed by atoms with Crippen LogP contribution >= 0.6 is 80.5 Å². The summed E-state index contributed by atoms with van der Waals surface area (Å²) >= 11 is 15.8. The minimum Gasteiger partial charge on any atom is -0.382 e. The third-order valence-corrected chi connectivity index (χ3v) is 13.4. The zero-order chi connectivity index (χ0) is 35.1. The van der Waals surface area contributed by atoms with Gasteiger partial charge in [-0.05, 0) is 105 Å². The topological polar surface area (TPSA) is 127 Å². The van der Waals surface area contributed by atoms with Crippen LogP contribution in [-0.2, 0) is 0 Å². The van der Waals surface area contributed by atoms with E-state index >= 15 is 0 Å². The first-order valence-electron chi connectivity index (χ1n) is 14.8. The van der Waals surface area contributed by atoms with Crippen LogP contribution < -0.4 is 22.1 Å². The number of thiazole rings is 2. The summed E-state index contributed by atoms with van der Waals surface area (Å²) < 4.78 is 2.43. The largest absolute Gasteiger partial charge is 0.382 e. The average Bonchev–Trinajstić information content (AvgIpc) is 3.90. The van der Waals surface area contributed by atoms with Crippen LogP contribution in [0, 0.1) is 27.7 Å². The van der Waals surface area contributed by atoms with E-state index in [1.165, 1.54) is 47.8 Å². The summed E-state index contributed by atoms with van der Waals surface area (Å²) in [7, 11) is 0. The quantitative estimate of drug-likeness (QED) is 0.0614. The van der Waals surface area contributed by atoms with Gasteiger partial charge in [-0.25, -0.2) is 20.0 Å². The first-order valence-corrected chi connectivity index (χ1v) is 21.0. The van der Waals surface area contributed by atoms with E-state index in [0.717, 1.165) is 42.0 Å². The number of thioether (sulfide) groups is 2. The minimum absolute atomic E-state index is 0.482. The summed E-state index contributed by atoms with van der Waals surface area (Å²) in [5, 5.41) is 12.7. The van der Waals surface area contributed by atoms with Gasteiger partial charge in [0.1, 0.15) is 11.7 Å². The maximum absolute atomic E-state index is 6.14. The first-order chi connectivity index (χ1) is 23.5. The molecule has 254 valence electrons. The molecule has 0 atom stereocenters. The van der Waals surface area contributed by atoms with Crippen molar-refractivity contribution >= 4 is 125 Å². The number of halogens is 1. The molecule has 0 bridgehead atoms. The molecule has 8 nitrogen and oxygen atoms in total. The molecule has 6 rings (SSSR count). The fourth-order valence-electron chi connectivity index (χ4n) is 4.31. The van der Waals surface area contributed by atoms with Crippen LogP contribution in [0.15, 0.2) is 83.8 Å². The molecule has 6 aromatic rings. The van der Waals surface area contributed by atoms with Crippen LogP contribution in [0.2, 0.25) is 5.02 Å². The number of hydrogen-bond acceptors (Lipinski definition) is 12. The Morgan fingerprint density at radius 2 is 1.20 bits per heavy atom. The standard InChI is InChI=1S/C18H20N4S3.C16H15ClN4S3/c1-10-7-12(3)13(8-11(10)2)20-18-22-15(9-24-18)21-17(19)14-5-6-16(23-4)25-14;1-9-10(17)4-3-5-11(9)19-16-21-13(8-23-16)20-15(18)12-6-7-14(22-2)24-12/h5-9H,1-4H3,(H2,19,21)(H,20,22);3-8H,1-2H3,(H2,18,20)(H,19,21). The molecule has 0 fully saturated rings. The highest BCUT2D eigenvalue weighted by atomic mass is 35.5. The van der Waals surface area contributed by atoms with Crippen molar-refractivity contribution in [3.63, 3.8) is 0 Å². The molecule has 6 N–H and O–H groups in total. The normalized spacial score (nSPS) is 11.7. The maximum Gasteiger partial charge on any atom is 0.189 e. The van der Waals surface area contributed by atoms with E-state index in [1.54, 1.807) is 46.2 Å². The lowest BCUT2D eigenvalue weighted by Crippen LogP contribution is -2.10. The van der Waals surface area contributed by atoms with Crippen molar-refractivity contribution in [3.8, 4) is 0 Å². The number of hydrogen-bond donors (Lipinski definition) is 4. The van der Waals surface area contributed by atoms with Crippen molar-refractivity contribution in [3.05, 3.63) is 102 Å². The van der Waals surface area contributed by atoms with Gasteiger partial charge in [-0.3, -0.25) is 0 Å². The summed E-state index contributed by atoms with van der Waals surface area (Å²) in [4.78, 5) is 19.8. The molecule has 0 amide bonds. The number of anilines is 4. The Morgan fingerprint density at radius 1 is 0.694 bits per heavy atom. The molecule has 4 aromatic heterocycles. The number of nitrogens with zero attached hydrogens (tertiary/aromatic N) is 4. The number of rotatable bonds is 10. The number of aromatic nitrogens is 2. The van der Waals surface area contributed by atoms with E-state index in [-0.39, 0.29) is 0 Å². The third-order valence-electron chi connectivity index (χ3n) is 7.12. The third kappa shape index (κ3) is 9.87. The fourth-order valence-corrected chi connectivity index (χ4v) is 8.65. The highest BCUT2D eigenvalue weighted by Gasteiger charge is 2.10. The second kappa shape index (κ2) is 17.0. The maximum atomic E-state index is 6.14. The summed E-state index contributed by atoms with van der Waals surface area (Å²) in [5.41, 5.74) is 18.9. The lowest BCUT2D eigenvalue weighted by molar-refractivity contribution is 1.28. The van der Waals surface area contributed by atoms with Crippen LogP contribution in [0.25, 0.3) is 0 Å². The number of aryl methyl sites for hydroxylation is 3. The molecule has 0 saturated carbocycles. The molecule has 0 aliphatic heterocycles. The van der Waals surface area contributed by atoms with Gasteiger partial charge in [0.25, 0.3) is 0 Å². The van der Waals surface area contributed by atoms with E-state index in [0.29, 0.717) is 23.3 Å². The van der Waals surface area contributed by atoms with Crippen LogP contribution in [0.4, 0.5) is 33.3 Å². The van der Waals surface area contributed by atoms with E-state index < -0.39 is 0 Å². The summed E-state index contributed by atoms with van der Waals surface area (Å²) in [6.45, 7) is 8.30. The zero-order valence-electron chi connectivity index (χ0n) is 27.6. The lowest BCUT2D eigenvalue weighted by Gasteiger charge is -2.10. The molecule has 15 heteroatoms. The molecule has 0 spiro atoms. The Labute approximate surface area is 316 Å². The van der Waals surface area contributed by atoms with Crippen molar-refractivity contribution in [1.29, 1.82) is 0 Å². The fraction of sp³-hybridized carbons (Fsp3) is 0.176. The summed E-state index contributed by atoms with van der Waals surface area (Å²) in [6, 6.07) is 18.2. The monoisotopic (exact) mass is 782 g/mol. The Balaban J connectivity index is 0.000000191. The van der Waals surface area contributed by atoms with Gasteiger partial charge in [0, 0.05) is 27.2 Å². The van der Waals surface area contributed by atoms with Gasteiger partial charge in [0.2, 0.25) is 0 Å². The van der Waals surface area contributed by atoms with Gasteiger partial charge in [-0.1, -0.05) is 23.7 Å². The Bertz CT molecular complexity index is 2110. The smallest absolute Gasteiger partial charge is 0.189 e. The van der Waals surface area contributed by atoms with Gasteiger partial charge < -0.3 is 22.1 Å². The second-order valence-corrected chi connectivity index (χ2v) is 17.1. The van der Waals surface area contributed by atoms with Gasteiger partial charge in [-0.2, -0.15) is 0 Å². The van der Waals surface area contributed by atoms with Crippen LogP contribution in [-0.4, -0.2) is 34.2 Å². The van der Waals surface area contributed by atoms with Crippen LogP contribution in [0.1, 0.15) is 32.0 Å². The van der Waals surface area contributed by atoms with E-state index in [1.807, 2.05) is 60.3 Å². The average molecular weight is 784 g/mol. The van der Waals surface area contributed by atoms with E-state index in [9.17, 15) is 0 Å². The molecule has 0 saturated heterocycles. The molecule has 2 aromatic carbocycles. The van der Waals surface area contributed by atoms with Crippen LogP contribution in [0.5, 0.6) is 0 Å². The number of amidine groups is 2. The number of aliphatic imine (C=N–C) groups is 2. The predicted octanol–water partition coefficient (Wildman–Crippen LogP) is 11.3. The molecule has 4 heterocycles. The van der Waals surface area contributed by atoms with Gasteiger partial charge in [0.15, 0.2) is 21.9 Å². The second-order valence-electron chi connectivity index (χ2n) is 10.6. The first kappa shape index (κ1) is 36.9. The molecular weight excluding hydrogens is 748 g/mol. The van der Waals surface area contributed by atoms with Gasteiger partial charge >= 0.3 is 0 Å². The van der Waals surface area contributed by atoms with Crippen molar-refractivity contribution in [1.82, 2.24) is 9.97 Å². The van der Waals surface area contributed by atoms with Crippen molar-refractivity contribution in [2.45, 2.75) is 36.1 Å². The zero-order valence-corrected chi connectivity index (χ0v) is 33.3. The summed E-state index contributed by atoms with van der Waals surface area (Å²) in [5.74, 6) is 2.21. The van der Waals surface area contributed by atoms with Gasteiger partial charge in [0.05, 0.1) is 18.2 Å². The van der Waals surface area contributed by atoms with Crippen LogP contribution in [0.3, 0.4) is 0 Å². The molecule has 0 unspecified atom stereocenters. The molecule has 0 aliphatic carbocycles. The van der Waals surface area contributed by atoms with Crippen molar-refractivity contribution in [2.75, 3.05) is 23.1 Å². The molecule has 0 radical (unpaired) electrons. The highest BCUT2D eigenvalue weighted by molar-refractivity contribution is 8.00. The molecule has 49 heavy (non-hydrogen) atoms. The Morgan fingerprint density at radius 3 is 1.71 bits per heavy atom. The highest BCUT2D eigenvalue weighted by Crippen LogP contribution is 2.32. The SMILES string of the molecule is CSc1ccc(C(N)=Nc2csc(Nc3cc(C)c(C)cc3C)n2)s1.CSc1ccc(C(N)=Nc2csc(Nc3cccc(Cl)c3C)n2)s1. The Hall–Kier alpha value is -3.37. The van der Waals surface area contributed by atoms with Gasteiger partial charge in [-0.15, -0.1) is 68.9 Å². The number of nitrogens with two attached hydrogens (primary N) is 2. The van der Waals surface area contributed by atoms with Crippen molar-refractivity contribution in [2.24, 2.45) is 21.5 Å². The number of thiophene rings is 2. The van der Waals surface area contributed by atoms with Crippen molar-refractivity contribution < 1.29 is 0 Å². The van der Waals surface area contributed by atoms with E-state index in [4.69, 9.17) is 23.1 Å². The summed E-state index contributed by atoms with van der Waals surface area (Å²) in [6.07, 6.45) is 4.09. The minimum atomic E-state index is 0.482. The molecular formula is C34H35ClN8S6. The number of nitrogens with one attached hydrogen (secondary N) is 2. The number of benzene rings is 2. The van der Waals surface area contributed by atoms with E-state index in [2.05, 4.69) is 75.8 Å².